The zero-order chi connectivity index (χ0) is 11.6. The lowest BCUT2D eigenvalue weighted by molar-refractivity contribution is 0.0478. The minimum atomic E-state index is -0.576. The van der Waals surface area contributed by atoms with Crippen LogP contribution < -0.4 is 5.73 Å². The molecule has 0 fully saturated rings. The molecule has 0 saturated heterocycles. The molecule has 0 aromatic carbocycles. The predicted octanol–water partition coefficient (Wildman–Crippen LogP) is 1.17. The molecule has 1 aromatic heterocycles. The van der Waals surface area contributed by atoms with E-state index in [4.69, 9.17) is 10.8 Å². The second-order valence-electron chi connectivity index (χ2n) is 4.04. The molecular weight excluding hydrogens is 212 g/mol. The van der Waals surface area contributed by atoms with Crippen LogP contribution in [-0.4, -0.2) is 35.1 Å². The molecule has 0 unspecified atom stereocenters. The average molecular weight is 228 g/mol. The third kappa shape index (κ3) is 2.30. The van der Waals surface area contributed by atoms with E-state index in [1.165, 1.54) is 16.2 Å². The average Bonchev–Trinajstić information content (AvgIpc) is 2.62. The minimum Gasteiger partial charge on any atom is -0.397 e. The summed E-state index contributed by atoms with van der Waals surface area (Å²) in [5.74, 6) is -0.151. The molecular formula is C10H16N2O2S. The van der Waals surface area contributed by atoms with Crippen molar-refractivity contribution in [3.8, 4) is 0 Å². The number of carbonyl (C=O) groups excluding carboxylic acids is 1. The maximum absolute atomic E-state index is 12.0. The molecule has 1 heterocycles. The summed E-state index contributed by atoms with van der Waals surface area (Å²) >= 11 is 1.31. The molecule has 0 atom stereocenters. The first-order valence-corrected chi connectivity index (χ1v) is 5.50. The first kappa shape index (κ1) is 12.0. The number of amides is 1. The number of nitrogens with zero attached hydrogens (tertiary/aromatic N) is 1. The Morgan fingerprint density at radius 3 is 2.67 bits per heavy atom. The molecule has 15 heavy (non-hydrogen) atoms. The summed E-state index contributed by atoms with van der Waals surface area (Å²) in [6, 6.07) is 1.71. The number of nitrogen functional groups attached to an aromatic ring is 1. The predicted molar refractivity (Wildman–Crippen MR) is 62.0 cm³/mol. The molecule has 1 rings (SSSR count). The summed E-state index contributed by atoms with van der Waals surface area (Å²) in [6.07, 6.45) is 0. The van der Waals surface area contributed by atoms with Crippen LogP contribution in [0.1, 0.15) is 23.5 Å². The largest absolute Gasteiger partial charge is 0.397 e. The third-order valence-electron chi connectivity index (χ3n) is 2.49. The lowest BCUT2D eigenvalue weighted by Gasteiger charge is -2.33. The van der Waals surface area contributed by atoms with Gasteiger partial charge in [0.25, 0.3) is 5.91 Å². The molecule has 0 saturated carbocycles. The molecule has 0 aliphatic heterocycles. The molecule has 5 heteroatoms. The highest BCUT2D eigenvalue weighted by Crippen LogP contribution is 2.23. The summed E-state index contributed by atoms with van der Waals surface area (Å²) in [4.78, 5) is 14.0. The Kier molecular flexibility index (Phi) is 3.36. The van der Waals surface area contributed by atoms with E-state index in [2.05, 4.69) is 0 Å². The van der Waals surface area contributed by atoms with Crippen molar-refractivity contribution in [2.45, 2.75) is 19.4 Å². The highest BCUT2D eigenvalue weighted by atomic mass is 32.1. The maximum atomic E-state index is 12.0. The normalized spacial score (nSPS) is 11.5. The summed E-state index contributed by atoms with van der Waals surface area (Å²) in [7, 11) is 1.66. The van der Waals surface area contributed by atoms with Crippen LogP contribution in [0.3, 0.4) is 0 Å². The van der Waals surface area contributed by atoms with E-state index in [0.717, 1.165) is 0 Å². The van der Waals surface area contributed by atoms with Crippen molar-refractivity contribution in [1.29, 1.82) is 0 Å². The van der Waals surface area contributed by atoms with E-state index in [1.54, 1.807) is 32.3 Å². The number of nitrogens with two attached hydrogens (primary N) is 1. The van der Waals surface area contributed by atoms with Crippen LogP contribution in [0.15, 0.2) is 11.4 Å². The molecule has 0 bridgehead atoms. The standard InChI is InChI=1S/C10H16N2O2S/c1-10(2,6-13)12(3)9(14)8-7(11)4-5-15-8/h4-5,13H,6,11H2,1-3H3. The topological polar surface area (TPSA) is 66.6 Å². The lowest BCUT2D eigenvalue weighted by atomic mass is 10.1. The zero-order valence-electron chi connectivity index (χ0n) is 9.15. The number of likely N-dealkylation sites (N-methyl/N-ethyl adjacent to an activating group) is 1. The fourth-order valence-corrected chi connectivity index (χ4v) is 1.82. The number of hydrogen-bond acceptors (Lipinski definition) is 4. The van der Waals surface area contributed by atoms with Crippen molar-refractivity contribution in [2.24, 2.45) is 0 Å². The molecule has 1 amide bonds. The van der Waals surface area contributed by atoms with Gasteiger partial charge >= 0.3 is 0 Å². The van der Waals surface area contributed by atoms with Gasteiger partial charge in [0.1, 0.15) is 4.88 Å². The fourth-order valence-electron chi connectivity index (χ4n) is 1.03. The molecule has 0 spiro atoms. The van der Waals surface area contributed by atoms with Crippen LogP contribution in [-0.2, 0) is 0 Å². The van der Waals surface area contributed by atoms with Gasteiger partial charge in [-0.1, -0.05) is 0 Å². The van der Waals surface area contributed by atoms with E-state index in [1.807, 2.05) is 0 Å². The van der Waals surface area contributed by atoms with Crippen molar-refractivity contribution in [3.05, 3.63) is 16.3 Å². The highest BCUT2D eigenvalue weighted by Gasteiger charge is 2.28. The summed E-state index contributed by atoms with van der Waals surface area (Å²) in [6.45, 7) is 3.52. The second-order valence-corrected chi connectivity index (χ2v) is 4.96. The minimum absolute atomic E-state index is 0.0828. The van der Waals surface area contributed by atoms with Crippen molar-refractivity contribution in [3.63, 3.8) is 0 Å². The zero-order valence-corrected chi connectivity index (χ0v) is 9.97. The maximum Gasteiger partial charge on any atom is 0.266 e. The Balaban J connectivity index is 2.92. The van der Waals surface area contributed by atoms with Crippen LogP contribution in [0, 0.1) is 0 Å². The van der Waals surface area contributed by atoms with Crippen LogP contribution in [0.2, 0.25) is 0 Å². The molecule has 0 radical (unpaired) electrons. The van der Waals surface area contributed by atoms with Gasteiger partial charge in [0.15, 0.2) is 0 Å². The van der Waals surface area contributed by atoms with Crippen LogP contribution in [0.4, 0.5) is 5.69 Å². The number of aliphatic hydroxyl groups excluding tert-OH is 1. The van der Waals surface area contributed by atoms with Gasteiger partial charge in [-0.15, -0.1) is 11.3 Å². The number of carbonyl (C=O) groups is 1. The number of anilines is 1. The van der Waals surface area contributed by atoms with E-state index in [-0.39, 0.29) is 12.5 Å². The number of rotatable bonds is 3. The van der Waals surface area contributed by atoms with Gasteiger partial charge in [0.2, 0.25) is 0 Å². The number of hydrogen-bond donors (Lipinski definition) is 2. The Morgan fingerprint density at radius 2 is 2.27 bits per heavy atom. The summed E-state index contributed by atoms with van der Waals surface area (Å²) < 4.78 is 0. The quantitative estimate of drug-likeness (QED) is 0.816. The first-order valence-electron chi connectivity index (χ1n) is 4.62. The van der Waals surface area contributed by atoms with E-state index in [0.29, 0.717) is 10.6 Å². The lowest BCUT2D eigenvalue weighted by Crippen LogP contribution is -2.47. The fraction of sp³-hybridized carbons (Fsp3) is 0.500. The number of thiophene rings is 1. The van der Waals surface area contributed by atoms with Gasteiger partial charge in [0, 0.05) is 7.05 Å². The van der Waals surface area contributed by atoms with Gasteiger partial charge < -0.3 is 15.7 Å². The Bertz CT molecular complexity index is 360. The molecule has 4 nitrogen and oxygen atoms in total. The molecule has 0 aliphatic carbocycles. The van der Waals surface area contributed by atoms with Gasteiger partial charge in [-0.2, -0.15) is 0 Å². The highest BCUT2D eigenvalue weighted by molar-refractivity contribution is 7.12. The third-order valence-corrected chi connectivity index (χ3v) is 3.41. The van der Waals surface area contributed by atoms with E-state index >= 15 is 0 Å². The molecule has 3 N–H and O–H groups in total. The molecule has 84 valence electrons. The van der Waals surface area contributed by atoms with Crippen molar-refractivity contribution >= 4 is 22.9 Å². The Labute approximate surface area is 93.3 Å². The number of aliphatic hydroxyl groups is 1. The Hall–Kier alpha value is -1.07. The first-order chi connectivity index (χ1) is 6.90. The van der Waals surface area contributed by atoms with Crippen LogP contribution in [0.25, 0.3) is 0 Å². The van der Waals surface area contributed by atoms with Crippen LogP contribution >= 0.6 is 11.3 Å². The van der Waals surface area contributed by atoms with Gasteiger partial charge in [-0.05, 0) is 25.3 Å². The van der Waals surface area contributed by atoms with E-state index in [9.17, 15) is 4.79 Å². The van der Waals surface area contributed by atoms with Gasteiger partial charge in [0.05, 0.1) is 17.8 Å². The summed E-state index contributed by atoms with van der Waals surface area (Å²) in [5.41, 5.74) is 5.58. The Morgan fingerprint density at radius 1 is 1.67 bits per heavy atom. The molecule has 1 aromatic rings. The van der Waals surface area contributed by atoms with Crippen molar-refractivity contribution < 1.29 is 9.90 Å². The monoisotopic (exact) mass is 228 g/mol. The van der Waals surface area contributed by atoms with Gasteiger partial charge in [-0.3, -0.25) is 4.79 Å². The smallest absolute Gasteiger partial charge is 0.266 e. The second kappa shape index (κ2) is 4.20. The van der Waals surface area contributed by atoms with Crippen LogP contribution in [0.5, 0.6) is 0 Å². The van der Waals surface area contributed by atoms with Crippen molar-refractivity contribution in [1.82, 2.24) is 4.90 Å². The van der Waals surface area contributed by atoms with Crippen molar-refractivity contribution in [2.75, 3.05) is 19.4 Å². The van der Waals surface area contributed by atoms with E-state index < -0.39 is 5.54 Å². The molecule has 0 aliphatic rings. The summed E-state index contributed by atoms with van der Waals surface area (Å²) in [5, 5.41) is 10.9. The van der Waals surface area contributed by atoms with Gasteiger partial charge in [-0.25, -0.2) is 0 Å². The SMILES string of the molecule is CN(C(=O)c1sccc1N)C(C)(C)CO.